The average molecular weight is 280 g/mol. The van der Waals surface area contributed by atoms with Crippen molar-refractivity contribution in [3.63, 3.8) is 0 Å². The van der Waals surface area contributed by atoms with Gasteiger partial charge in [0.2, 0.25) is 0 Å². The van der Waals surface area contributed by atoms with E-state index < -0.39 is 0 Å². The van der Waals surface area contributed by atoms with Crippen molar-refractivity contribution in [2.75, 3.05) is 26.7 Å². The zero-order chi connectivity index (χ0) is 13.9. The van der Waals surface area contributed by atoms with Gasteiger partial charge in [-0.05, 0) is 50.5 Å². The van der Waals surface area contributed by atoms with Gasteiger partial charge in [-0.3, -0.25) is 9.69 Å². The van der Waals surface area contributed by atoms with Crippen LogP contribution in [0, 0.1) is 11.8 Å². The molecule has 3 aliphatic rings. The van der Waals surface area contributed by atoms with Crippen molar-refractivity contribution in [1.29, 1.82) is 0 Å². The molecule has 0 aromatic rings. The number of esters is 1. The van der Waals surface area contributed by atoms with Gasteiger partial charge in [0.15, 0.2) is 0 Å². The highest BCUT2D eigenvalue weighted by Crippen LogP contribution is 2.32. The van der Waals surface area contributed by atoms with Crippen LogP contribution >= 0.6 is 0 Å². The number of piperidine rings is 1. The van der Waals surface area contributed by atoms with Crippen LogP contribution in [0.3, 0.4) is 0 Å². The normalized spacial score (nSPS) is 31.9. The predicted molar refractivity (Wildman–Crippen MR) is 78.5 cm³/mol. The molecule has 1 saturated heterocycles. The van der Waals surface area contributed by atoms with Gasteiger partial charge in [-0.1, -0.05) is 6.42 Å². The SMILES string of the molecule is COC(=O)CC1CC(NCC2CCC2)CN(C2CC2)C1. The van der Waals surface area contributed by atoms with Gasteiger partial charge >= 0.3 is 5.97 Å². The lowest BCUT2D eigenvalue weighted by Crippen LogP contribution is -2.51. The molecule has 0 radical (unpaired) electrons. The van der Waals surface area contributed by atoms with Crippen molar-refractivity contribution in [2.24, 2.45) is 11.8 Å². The first kappa shape index (κ1) is 14.3. The van der Waals surface area contributed by atoms with Gasteiger partial charge in [0.1, 0.15) is 0 Å². The van der Waals surface area contributed by atoms with Crippen LogP contribution in [0.25, 0.3) is 0 Å². The maximum Gasteiger partial charge on any atom is 0.305 e. The molecule has 0 bridgehead atoms. The van der Waals surface area contributed by atoms with Crippen LogP contribution in [-0.4, -0.2) is 49.7 Å². The third-order valence-corrected chi connectivity index (χ3v) is 5.23. The number of likely N-dealkylation sites (tertiary alicyclic amines) is 1. The van der Waals surface area contributed by atoms with Crippen molar-refractivity contribution in [3.8, 4) is 0 Å². The number of hydrogen-bond donors (Lipinski definition) is 1. The Morgan fingerprint density at radius 1 is 1.20 bits per heavy atom. The fourth-order valence-electron chi connectivity index (χ4n) is 3.62. The third-order valence-electron chi connectivity index (χ3n) is 5.23. The zero-order valence-corrected chi connectivity index (χ0v) is 12.6. The standard InChI is InChI=1S/C16H28N2O2/c1-20-16(19)8-13-7-14(17-9-12-3-2-4-12)11-18(10-13)15-5-6-15/h12-15,17H,2-11H2,1H3. The predicted octanol–water partition coefficient (Wildman–Crippen LogP) is 1.79. The van der Waals surface area contributed by atoms with E-state index in [0.29, 0.717) is 18.4 Å². The van der Waals surface area contributed by atoms with E-state index in [2.05, 4.69) is 10.2 Å². The third kappa shape index (κ3) is 3.73. The number of nitrogens with zero attached hydrogens (tertiary/aromatic N) is 1. The van der Waals surface area contributed by atoms with E-state index in [4.69, 9.17) is 4.74 Å². The minimum absolute atomic E-state index is 0.0506. The Morgan fingerprint density at radius 3 is 2.60 bits per heavy atom. The number of methoxy groups -OCH3 is 1. The van der Waals surface area contributed by atoms with Crippen molar-refractivity contribution < 1.29 is 9.53 Å². The molecule has 2 unspecified atom stereocenters. The van der Waals surface area contributed by atoms with Crippen LogP contribution in [0.2, 0.25) is 0 Å². The summed E-state index contributed by atoms with van der Waals surface area (Å²) in [5, 5.41) is 3.76. The van der Waals surface area contributed by atoms with Gasteiger partial charge in [0.25, 0.3) is 0 Å². The topological polar surface area (TPSA) is 41.6 Å². The minimum Gasteiger partial charge on any atom is -0.469 e. The maximum absolute atomic E-state index is 11.5. The zero-order valence-electron chi connectivity index (χ0n) is 12.6. The van der Waals surface area contributed by atoms with Gasteiger partial charge < -0.3 is 10.1 Å². The first-order valence-electron chi connectivity index (χ1n) is 8.29. The Morgan fingerprint density at radius 2 is 2.00 bits per heavy atom. The van der Waals surface area contributed by atoms with E-state index in [1.54, 1.807) is 0 Å². The molecule has 2 atom stereocenters. The van der Waals surface area contributed by atoms with Crippen LogP contribution in [0.15, 0.2) is 0 Å². The van der Waals surface area contributed by atoms with E-state index >= 15 is 0 Å². The highest BCUT2D eigenvalue weighted by molar-refractivity contribution is 5.69. The van der Waals surface area contributed by atoms with Crippen LogP contribution in [0.5, 0.6) is 0 Å². The Hall–Kier alpha value is -0.610. The first-order chi connectivity index (χ1) is 9.74. The lowest BCUT2D eigenvalue weighted by Gasteiger charge is -2.39. The van der Waals surface area contributed by atoms with Gasteiger partial charge in [-0.15, -0.1) is 0 Å². The number of nitrogens with one attached hydrogen (secondary N) is 1. The summed E-state index contributed by atoms with van der Waals surface area (Å²) in [7, 11) is 1.50. The largest absolute Gasteiger partial charge is 0.469 e. The number of carbonyl (C=O) groups excluding carboxylic acids is 1. The Labute approximate surface area is 122 Å². The van der Waals surface area contributed by atoms with E-state index in [1.807, 2.05) is 0 Å². The highest BCUT2D eigenvalue weighted by atomic mass is 16.5. The summed E-state index contributed by atoms with van der Waals surface area (Å²) in [6.45, 7) is 3.44. The number of rotatable bonds is 6. The molecule has 0 aromatic carbocycles. The second kappa shape index (κ2) is 6.44. The van der Waals surface area contributed by atoms with Crippen molar-refractivity contribution in [3.05, 3.63) is 0 Å². The molecular weight excluding hydrogens is 252 g/mol. The molecule has 1 heterocycles. The van der Waals surface area contributed by atoms with Crippen molar-refractivity contribution in [2.45, 2.75) is 57.0 Å². The molecule has 3 rings (SSSR count). The monoisotopic (exact) mass is 280 g/mol. The molecule has 114 valence electrons. The molecule has 0 amide bonds. The van der Waals surface area contributed by atoms with Crippen molar-refractivity contribution in [1.82, 2.24) is 10.2 Å². The average Bonchev–Trinajstić information content (AvgIpc) is 3.20. The lowest BCUT2D eigenvalue weighted by molar-refractivity contribution is -0.142. The van der Waals surface area contributed by atoms with Crippen LogP contribution in [0.1, 0.15) is 44.9 Å². The highest BCUT2D eigenvalue weighted by Gasteiger charge is 2.36. The Kier molecular flexibility index (Phi) is 4.61. The van der Waals surface area contributed by atoms with Crippen LogP contribution < -0.4 is 5.32 Å². The van der Waals surface area contributed by atoms with Crippen LogP contribution in [0.4, 0.5) is 0 Å². The van der Waals surface area contributed by atoms with E-state index in [1.165, 1.54) is 52.3 Å². The molecular formula is C16H28N2O2. The molecule has 4 heteroatoms. The summed E-state index contributed by atoms with van der Waals surface area (Å²) in [5.74, 6) is 1.33. The Balaban J connectivity index is 1.50. The molecule has 20 heavy (non-hydrogen) atoms. The summed E-state index contributed by atoms with van der Waals surface area (Å²) in [4.78, 5) is 14.1. The Bertz CT molecular complexity index is 339. The number of ether oxygens (including phenoxy) is 1. The van der Waals surface area contributed by atoms with Gasteiger partial charge in [0.05, 0.1) is 7.11 Å². The maximum atomic E-state index is 11.5. The minimum atomic E-state index is -0.0506. The molecule has 3 fully saturated rings. The molecule has 2 aliphatic carbocycles. The van der Waals surface area contributed by atoms with Crippen molar-refractivity contribution >= 4 is 5.97 Å². The number of hydrogen-bond acceptors (Lipinski definition) is 4. The molecule has 0 aromatic heterocycles. The summed E-state index contributed by atoms with van der Waals surface area (Å²) in [5.41, 5.74) is 0. The van der Waals surface area contributed by atoms with Gasteiger partial charge in [-0.25, -0.2) is 0 Å². The fraction of sp³-hybridized carbons (Fsp3) is 0.938. The molecule has 4 nitrogen and oxygen atoms in total. The molecule has 0 spiro atoms. The molecule has 1 N–H and O–H groups in total. The smallest absolute Gasteiger partial charge is 0.305 e. The second-order valence-corrected chi connectivity index (χ2v) is 6.97. The summed E-state index contributed by atoms with van der Waals surface area (Å²) in [6, 6.07) is 1.36. The molecule has 1 aliphatic heterocycles. The number of carbonyl (C=O) groups is 1. The van der Waals surface area contributed by atoms with Crippen LogP contribution in [-0.2, 0) is 9.53 Å². The van der Waals surface area contributed by atoms with E-state index in [9.17, 15) is 4.79 Å². The van der Waals surface area contributed by atoms with Gasteiger partial charge in [0, 0.05) is 31.6 Å². The van der Waals surface area contributed by atoms with E-state index in [-0.39, 0.29) is 5.97 Å². The fourth-order valence-corrected chi connectivity index (χ4v) is 3.62. The van der Waals surface area contributed by atoms with Gasteiger partial charge in [-0.2, -0.15) is 0 Å². The first-order valence-corrected chi connectivity index (χ1v) is 8.29. The lowest BCUT2D eigenvalue weighted by atomic mass is 9.84. The second-order valence-electron chi connectivity index (χ2n) is 6.97. The summed E-state index contributed by atoms with van der Waals surface area (Å²) < 4.78 is 4.85. The summed E-state index contributed by atoms with van der Waals surface area (Å²) >= 11 is 0. The summed E-state index contributed by atoms with van der Waals surface area (Å²) in [6.07, 6.45) is 8.62. The quantitative estimate of drug-likeness (QED) is 0.753. The van der Waals surface area contributed by atoms with E-state index in [0.717, 1.165) is 24.9 Å². The molecule has 2 saturated carbocycles.